The van der Waals surface area contributed by atoms with E-state index in [1.165, 1.54) is 12.8 Å². The van der Waals surface area contributed by atoms with Crippen LogP contribution in [0, 0.1) is 0 Å². The lowest BCUT2D eigenvalue weighted by Crippen LogP contribution is -2.14. The first-order valence-electron chi connectivity index (χ1n) is 9.46. The summed E-state index contributed by atoms with van der Waals surface area (Å²) in [7, 11) is -0.609. The molecule has 0 amide bonds. The Bertz CT molecular complexity index is 442. The van der Waals surface area contributed by atoms with E-state index in [0.717, 1.165) is 58.2 Å². The highest BCUT2D eigenvalue weighted by atomic mass is 28.2. The van der Waals surface area contributed by atoms with E-state index in [1.807, 2.05) is 30.3 Å². The van der Waals surface area contributed by atoms with Crippen molar-refractivity contribution in [3.8, 4) is 5.75 Å². The van der Waals surface area contributed by atoms with Crippen LogP contribution < -0.4 is 4.43 Å². The van der Waals surface area contributed by atoms with Crippen molar-refractivity contribution in [3.63, 3.8) is 0 Å². The fourth-order valence-electron chi connectivity index (χ4n) is 2.75. The normalized spacial score (nSPS) is 23.0. The Hall–Kier alpha value is -0.923. The molecular weight excluding hydrogens is 336 g/mol. The molecule has 2 fully saturated rings. The maximum atomic E-state index is 6.10. The fraction of sp³-hybridized carbons (Fsp3) is 0.684. The summed E-state index contributed by atoms with van der Waals surface area (Å²) in [6, 6.07) is 10.2. The monoisotopic (exact) mass is 366 g/mol. The average molecular weight is 367 g/mol. The molecule has 0 spiro atoms. The van der Waals surface area contributed by atoms with E-state index in [9.17, 15) is 0 Å². The SMILES string of the molecule is c1ccc(O[SiH2]C(CCCOCC2CO2)CCCOCC2CO2)cc1. The quantitative estimate of drug-likeness (QED) is 0.271. The number of hydrogen-bond acceptors (Lipinski definition) is 5. The molecule has 25 heavy (non-hydrogen) atoms. The molecule has 2 aliphatic rings. The van der Waals surface area contributed by atoms with Gasteiger partial charge < -0.3 is 23.4 Å². The van der Waals surface area contributed by atoms with Gasteiger partial charge in [-0.1, -0.05) is 18.2 Å². The first kappa shape index (κ1) is 18.9. The van der Waals surface area contributed by atoms with Crippen LogP contribution >= 0.6 is 0 Å². The minimum atomic E-state index is -0.609. The average Bonchev–Trinajstić information content (AvgIpc) is 3.54. The summed E-state index contributed by atoms with van der Waals surface area (Å²) in [5.74, 6) is 1.00. The van der Waals surface area contributed by atoms with Gasteiger partial charge in [0.1, 0.15) is 18.0 Å². The van der Waals surface area contributed by atoms with Crippen molar-refractivity contribution in [2.24, 2.45) is 0 Å². The number of para-hydroxylation sites is 1. The van der Waals surface area contributed by atoms with Gasteiger partial charge >= 0.3 is 0 Å². The van der Waals surface area contributed by atoms with Crippen LogP contribution in [0.3, 0.4) is 0 Å². The van der Waals surface area contributed by atoms with Crippen molar-refractivity contribution in [1.29, 1.82) is 0 Å². The van der Waals surface area contributed by atoms with E-state index >= 15 is 0 Å². The molecule has 0 aromatic heterocycles. The van der Waals surface area contributed by atoms with E-state index < -0.39 is 9.76 Å². The zero-order valence-corrected chi connectivity index (χ0v) is 16.4. The molecular formula is C19H30O5Si. The largest absolute Gasteiger partial charge is 0.549 e. The molecule has 2 aliphatic heterocycles. The molecule has 0 bridgehead atoms. The molecule has 0 radical (unpaired) electrons. The van der Waals surface area contributed by atoms with E-state index in [2.05, 4.69) is 0 Å². The third-order valence-electron chi connectivity index (χ3n) is 4.44. The summed E-state index contributed by atoms with van der Waals surface area (Å²) in [6.45, 7) is 4.88. The summed E-state index contributed by atoms with van der Waals surface area (Å²) in [6.07, 6.45) is 5.27. The Balaban J connectivity index is 1.29. The smallest absolute Gasteiger partial charge is 0.222 e. The van der Waals surface area contributed by atoms with Gasteiger partial charge in [-0.25, -0.2) is 0 Å². The highest BCUT2D eigenvalue weighted by Gasteiger charge is 2.23. The Morgan fingerprint density at radius 3 is 2.00 bits per heavy atom. The van der Waals surface area contributed by atoms with Crippen molar-refractivity contribution >= 4 is 9.76 Å². The zero-order valence-electron chi connectivity index (χ0n) is 14.9. The topological polar surface area (TPSA) is 52.8 Å². The van der Waals surface area contributed by atoms with Gasteiger partial charge in [0.2, 0.25) is 9.76 Å². The summed E-state index contributed by atoms with van der Waals surface area (Å²) in [5, 5.41) is 0. The van der Waals surface area contributed by atoms with Gasteiger partial charge in [0, 0.05) is 13.2 Å². The van der Waals surface area contributed by atoms with E-state index in [4.69, 9.17) is 23.4 Å². The van der Waals surface area contributed by atoms with Crippen LogP contribution in [0.15, 0.2) is 30.3 Å². The first-order chi connectivity index (χ1) is 12.4. The van der Waals surface area contributed by atoms with Crippen molar-refractivity contribution in [1.82, 2.24) is 0 Å². The summed E-state index contributed by atoms with van der Waals surface area (Å²) in [5.41, 5.74) is 0.668. The van der Waals surface area contributed by atoms with Crippen molar-refractivity contribution in [3.05, 3.63) is 30.3 Å². The molecule has 2 saturated heterocycles. The van der Waals surface area contributed by atoms with Gasteiger partial charge in [-0.05, 0) is 43.4 Å². The molecule has 2 unspecified atom stereocenters. The second kappa shape index (κ2) is 10.9. The lowest BCUT2D eigenvalue weighted by atomic mass is 10.1. The maximum Gasteiger partial charge on any atom is 0.222 e. The summed E-state index contributed by atoms with van der Waals surface area (Å²) in [4.78, 5) is 0. The van der Waals surface area contributed by atoms with Crippen LogP contribution in [0.25, 0.3) is 0 Å². The molecule has 0 N–H and O–H groups in total. The van der Waals surface area contributed by atoms with Gasteiger partial charge in [0.15, 0.2) is 0 Å². The molecule has 2 heterocycles. The highest BCUT2D eigenvalue weighted by molar-refractivity contribution is 6.30. The van der Waals surface area contributed by atoms with Gasteiger partial charge in [-0.15, -0.1) is 0 Å². The first-order valence-corrected chi connectivity index (χ1v) is 10.9. The molecule has 1 aromatic rings. The van der Waals surface area contributed by atoms with Gasteiger partial charge in [-0.3, -0.25) is 0 Å². The van der Waals surface area contributed by atoms with Crippen LogP contribution in [-0.2, 0) is 18.9 Å². The molecule has 0 saturated carbocycles. The van der Waals surface area contributed by atoms with Crippen molar-refractivity contribution in [2.75, 3.05) is 39.6 Å². The minimum Gasteiger partial charge on any atom is -0.549 e. The highest BCUT2D eigenvalue weighted by Crippen LogP contribution is 2.21. The third-order valence-corrected chi connectivity index (χ3v) is 6.23. The van der Waals surface area contributed by atoms with Crippen LogP contribution in [0.1, 0.15) is 25.7 Å². The Morgan fingerprint density at radius 1 is 0.920 bits per heavy atom. The van der Waals surface area contributed by atoms with Gasteiger partial charge in [-0.2, -0.15) is 0 Å². The predicted molar refractivity (Wildman–Crippen MR) is 99.0 cm³/mol. The van der Waals surface area contributed by atoms with Crippen LogP contribution in [0.4, 0.5) is 0 Å². The minimum absolute atomic E-state index is 0.360. The lowest BCUT2D eigenvalue weighted by Gasteiger charge is -2.17. The van der Waals surface area contributed by atoms with E-state index in [1.54, 1.807) is 0 Å². The summed E-state index contributed by atoms with van der Waals surface area (Å²) < 4.78 is 27.7. The van der Waals surface area contributed by atoms with Crippen LogP contribution in [0.5, 0.6) is 5.75 Å². The maximum absolute atomic E-state index is 6.10. The number of epoxide rings is 2. The van der Waals surface area contributed by atoms with Crippen LogP contribution in [-0.4, -0.2) is 61.6 Å². The molecule has 5 nitrogen and oxygen atoms in total. The fourth-order valence-corrected chi connectivity index (χ4v) is 4.28. The molecule has 140 valence electrons. The second-order valence-corrected chi connectivity index (χ2v) is 8.61. The van der Waals surface area contributed by atoms with Gasteiger partial charge in [0.25, 0.3) is 0 Å². The number of hydrogen-bond donors (Lipinski definition) is 0. The molecule has 3 rings (SSSR count). The van der Waals surface area contributed by atoms with Crippen molar-refractivity contribution < 1.29 is 23.4 Å². The lowest BCUT2D eigenvalue weighted by molar-refractivity contribution is 0.108. The number of ether oxygens (including phenoxy) is 4. The zero-order chi connectivity index (χ0) is 17.2. The second-order valence-electron chi connectivity index (χ2n) is 6.84. The van der Waals surface area contributed by atoms with Gasteiger partial charge in [0.05, 0.1) is 26.4 Å². The summed E-state index contributed by atoms with van der Waals surface area (Å²) >= 11 is 0. The molecule has 2 atom stereocenters. The molecule has 6 heteroatoms. The Kier molecular flexibility index (Phi) is 8.24. The molecule has 0 aliphatic carbocycles. The Morgan fingerprint density at radius 2 is 1.48 bits per heavy atom. The number of rotatable bonds is 15. The van der Waals surface area contributed by atoms with E-state index in [-0.39, 0.29) is 0 Å². The van der Waals surface area contributed by atoms with Crippen molar-refractivity contribution in [2.45, 2.75) is 43.4 Å². The predicted octanol–water partition coefficient (Wildman–Crippen LogP) is 2.33. The third kappa shape index (κ3) is 8.83. The standard InChI is InChI=1S/C19H30O5Si/c1-2-6-16(7-3-1)24-25-19(8-4-10-20-12-17-14-22-17)9-5-11-21-13-18-15-23-18/h1-3,6-7,17-19H,4-5,8-15,25H2. The number of benzene rings is 1. The Labute approximate surface area is 152 Å². The molecule has 1 aromatic carbocycles. The van der Waals surface area contributed by atoms with E-state index in [0.29, 0.717) is 17.7 Å². The van der Waals surface area contributed by atoms with Crippen LogP contribution in [0.2, 0.25) is 5.54 Å².